The molecule has 1 amide bonds. The highest BCUT2D eigenvalue weighted by molar-refractivity contribution is 9.10. The molecule has 0 radical (unpaired) electrons. The maximum Gasteiger partial charge on any atom is 0.255 e. The Bertz CT molecular complexity index is 544. The summed E-state index contributed by atoms with van der Waals surface area (Å²) in [7, 11) is 1.58. The highest BCUT2D eigenvalue weighted by atomic mass is 79.9. The minimum Gasteiger partial charge on any atom is -0.497 e. The van der Waals surface area contributed by atoms with E-state index in [2.05, 4.69) is 15.9 Å². The Morgan fingerprint density at radius 1 is 1.38 bits per heavy atom. The average Bonchev–Trinajstić information content (AvgIpc) is 2.47. The van der Waals surface area contributed by atoms with Crippen LogP contribution in [0, 0.1) is 0 Å². The van der Waals surface area contributed by atoms with E-state index in [1.165, 1.54) is 0 Å². The lowest BCUT2D eigenvalue weighted by atomic mass is 9.97. The summed E-state index contributed by atoms with van der Waals surface area (Å²) in [6.07, 6.45) is 3.39. The summed E-state index contributed by atoms with van der Waals surface area (Å²) in [5.41, 5.74) is 0.588. The van der Waals surface area contributed by atoms with Crippen molar-refractivity contribution in [2.75, 3.05) is 13.7 Å². The molecule has 2 rings (SSSR count). The standard InChI is InChI=1S/C16H20BrNO3/c1-11(19)9-12-5-3-4-8-18(12)16(20)14-10-13(21-2)6-7-15(14)17/h6-7,10,12H,3-5,8-9H2,1-2H3. The molecule has 4 nitrogen and oxygen atoms in total. The highest BCUT2D eigenvalue weighted by Gasteiger charge is 2.29. The van der Waals surface area contributed by atoms with Crippen LogP contribution in [-0.4, -0.2) is 36.3 Å². The van der Waals surface area contributed by atoms with Crippen LogP contribution in [0.2, 0.25) is 0 Å². The Balaban J connectivity index is 2.26. The number of amides is 1. The molecule has 0 aliphatic carbocycles. The van der Waals surface area contributed by atoms with Gasteiger partial charge in [-0.25, -0.2) is 0 Å². The third-order valence-electron chi connectivity index (χ3n) is 3.82. The van der Waals surface area contributed by atoms with Crippen molar-refractivity contribution in [3.8, 4) is 5.75 Å². The van der Waals surface area contributed by atoms with Crippen LogP contribution in [0.15, 0.2) is 22.7 Å². The summed E-state index contributed by atoms with van der Waals surface area (Å²) in [5.74, 6) is 0.748. The number of likely N-dealkylation sites (tertiary alicyclic amines) is 1. The SMILES string of the molecule is COc1ccc(Br)c(C(=O)N2CCCCC2CC(C)=O)c1. The molecule has 1 aromatic rings. The quantitative estimate of drug-likeness (QED) is 0.832. The van der Waals surface area contributed by atoms with Gasteiger partial charge in [-0.3, -0.25) is 9.59 Å². The van der Waals surface area contributed by atoms with Gasteiger partial charge >= 0.3 is 0 Å². The van der Waals surface area contributed by atoms with E-state index in [0.29, 0.717) is 24.3 Å². The number of ether oxygens (including phenoxy) is 1. The minimum atomic E-state index is -0.0354. The lowest BCUT2D eigenvalue weighted by molar-refractivity contribution is -0.118. The van der Waals surface area contributed by atoms with E-state index in [1.807, 2.05) is 17.0 Å². The van der Waals surface area contributed by atoms with Gasteiger partial charge in [0.2, 0.25) is 0 Å². The van der Waals surface area contributed by atoms with Crippen LogP contribution in [0.1, 0.15) is 43.0 Å². The number of methoxy groups -OCH3 is 1. The van der Waals surface area contributed by atoms with E-state index >= 15 is 0 Å². The van der Waals surface area contributed by atoms with Gasteiger partial charge in [0.15, 0.2) is 0 Å². The molecule has 1 aromatic carbocycles. The molecule has 1 fully saturated rings. The van der Waals surface area contributed by atoms with Gasteiger partial charge in [0.1, 0.15) is 11.5 Å². The summed E-state index contributed by atoms with van der Waals surface area (Å²) >= 11 is 3.43. The zero-order valence-corrected chi connectivity index (χ0v) is 14.0. The molecular weight excluding hydrogens is 334 g/mol. The van der Waals surface area contributed by atoms with Gasteiger partial charge in [-0.15, -0.1) is 0 Å². The van der Waals surface area contributed by atoms with Gasteiger partial charge in [-0.2, -0.15) is 0 Å². The maximum atomic E-state index is 12.8. The zero-order chi connectivity index (χ0) is 15.4. The molecule has 1 unspecified atom stereocenters. The van der Waals surface area contributed by atoms with Crippen molar-refractivity contribution in [2.24, 2.45) is 0 Å². The van der Waals surface area contributed by atoms with Crippen molar-refractivity contribution >= 4 is 27.6 Å². The predicted octanol–water partition coefficient (Wildman–Crippen LogP) is 3.43. The van der Waals surface area contributed by atoms with Gasteiger partial charge in [0.25, 0.3) is 5.91 Å². The number of Topliss-reactive ketones (excluding diaryl/α,β-unsaturated/α-hetero) is 1. The predicted molar refractivity (Wildman–Crippen MR) is 84.7 cm³/mol. The summed E-state index contributed by atoms with van der Waals surface area (Å²) in [5, 5.41) is 0. The molecule has 21 heavy (non-hydrogen) atoms. The second kappa shape index (κ2) is 7.07. The number of carbonyl (C=O) groups excluding carboxylic acids is 2. The first-order valence-electron chi connectivity index (χ1n) is 7.17. The first-order chi connectivity index (χ1) is 10.0. The van der Waals surface area contributed by atoms with E-state index in [1.54, 1.807) is 20.1 Å². The van der Waals surface area contributed by atoms with Crippen LogP contribution in [0.25, 0.3) is 0 Å². The average molecular weight is 354 g/mol. The normalized spacial score (nSPS) is 18.4. The van der Waals surface area contributed by atoms with E-state index < -0.39 is 0 Å². The fourth-order valence-corrected chi connectivity index (χ4v) is 3.18. The fraction of sp³-hybridized carbons (Fsp3) is 0.500. The molecule has 0 spiro atoms. The second-order valence-electron chi connectivity index (χ2n) is 5.40. The van der Waals surface area contributed by atoms with Crippen LogP contribution in [0.5, 0.6) is 5.75 Å². The third-order valence-corrected chi connectivity index (χ3v) is 4.51. The van der Waals surface area contributed by atoms with E-state index in [-0.39, 0.29) is 17.7 Å². The van der Waals surface area contributed by atoms with E-state index in [0.717, 1.165) is 23.7 Å². The highest BCUT2D eigenvalue weighted by Crippen LogP contribution is 2.27. The van der Waals surface area contributed by atoms with Crippen LogP contribution < -0.4 is 4.74 Å². The van der Waals surface area contributed by atoms with E-state index in [9.17, 15) is 9.59 Å². The number of piperidine rings is 1. The molecule has 0 N–H and O–H groups in total. The largest absolute Gasteiger partial charge is 0.497 e. The van der Waals surface area contributed by atoms with Gasteiger partial charge in [-0.05, 0) is 60.3 Å². The molecule has 1 aliphatic heterocycles. The van der Waals surface area contributed by atoms with Crippen molar-refractivity contribution in [2.45, 2.75) is 38.6 Å². The van der Waals surface area contributed by atoms with Crippen molar-refractivity contribution < 1.29 is 14.3 Å². The first-order valence-corrected chi connectivity index (χ1v) is 7.96. The number of hydrogen-bond donors (Lipinski definition) is 0. The Hall–Kier alpha value is -1.36. The molecule has 5 heteroatoms. The summed E-state index contributed by atoms with van der Waals surface area (Å²) in [6, 6.07) is 5.38. The Morgan fingerprint density at radius 2 is 2.14 bits per heavy atom. The smallest absolute Gasteiger partial charge is 0.255 e. The monoisotopic (exact) mass is 353 g/mol. The molecule has 1 heterocycles. The van der Waals surface area contributed by atoms with Crippen molar-refractivity contribution in [3.63, 3.8) is 0 Å². The molecule has 114 valence electrons. The van der Waals surface area contributed by atoms with Crippen LogP contribution in [0.4, 0.5) is 0 Å². The number of rotatable bonds is 4. The molecule has 1 atom stereocenters. The summed E-state index contributed by atoms with van der Waals surface area (Å²) in [4.78, 5) is 26.1. The van der Waals surface area contributed by atoms with Crippen LogP contribution in [0.3, 0.4) is 0 Å². The number of ketones is 1. The maximum absolute atomic E-state index is 12.8. The van der Waals surface area contributed by atoms with Gasteiger partial charge in [0, 0.05) is 23.5 Å². The molecule has 0 saturated carbocycles. The van der Waals surface area contributed by atoms with Crippen LogP contribution >= 0.6 is 15.9 Å². The van der Waals surface area contributed by atoms with Crippen LogP contribution in [-0.2, 0) is 4.79 Å². The lowest BCUT2D eigenvalue weighted by Gasteiger charge is -2.35. The molecule has 0 bridgehead atoms. The number of benzene rings is 1. The van der Waals surface area contributed by atoms with E-state index in [4.69, 9.17) is 4.74 Å². The second-order valence-corrected chi connectivity index (χ2v) is 6.25. The molecular formula is C16H20BrNO3. The molecule has 1 aliphatic rings. The van der Waals surface area contributed by atoms with Gasteiger partial charge in [-0.1, -0.05) is 0 Å². The van der Waals surface area contributed by atoms with Crippen molar-refractivity contribution in [1.82, 2.24) is 4.90 Å². The molecule has 1 saturated heterocycles. The topological polar surface area (TPSA) is 46.6 Å². The molecule has 0 aromatic heterocycles. The fourth-order valence-electron chi connectivity index (χ4n) is 2.76. The summed E-state index contributed by atoms with van der Waals surface area (Å²) < 4.78 is 5.94. The number of nitrogens with zero attached hydrogens (tertiary/aromatic N) is 1. The summed E-state index contributed by atoms with van der Waals surface area (Å²) in [6.45, 7) is 2.29. The number of hydrogen-bond acceptors (Lipinski definition) is 3. The Labute approximate surface area is 133 Å². The zero-order valence-electron chi connectivity index (χ0n) is 12.4. The van der Waals surface area contributed by atoms with Crippen molar-refractivity contribution in [1.29, 1.82) is 0 Å². The Kier molecular flexibility index (Phi) is 5.39. The van der Waals surface area contributed by atoms with Gasteiger partial charge < -0.3 is 9.64 Å². The number of halogens is 1. The number of carbonyl (C=O) groups is 2. The third kappa shape index (κ3) is 3.84. The Morgan fingerprint density at radius 3 is 2.81 bits per heavy atom. The minimum absolute atomic E-state index is 0.0156. The van der Waals surface area contributed by atoms with Gasteiger partial charge in [0.05, 0.1) is 12.7 Å². The lowest BCUT2D eigenvalue weighted by Crippen LogP contribution is -2.44. The first kappa shape index (κ1) is 16.0. The van der Waals surface area contributed by atoms with Crippen molar-refractivity contribution in [3.05, 3.63) is 28.2 Å².